The molecule has 9 heteroatoms. The van der Waals surface area contributed by atoms with E-state index in [4.69, 9.17) is 0 Å². The molecule has 0 unspecified atom stereocenters. The Labute approximate surface area is 187 Å². The summed E-state index contributed by atoms with van der Waals surface area (Å²) in [4.78, 5) is 12.7. The maximum Gasteiger partial charge on any atom is 0.178 e. The number of benzene rings is 1. The van der Waals surface area contributed by atoms with E-state index in [1.165, 1.54) is 6.33 Å². The largest absolute Gasteiger partial charge is 0.362 e. The molecule has 0 aliphatic carbocycles. The molecular weight excluding hydrogens is 424 g/mol. The number of aryl methyl sites for hydroxylation is 2. The predicted molar refractivity (Wildman–Crippen MR) is 124 cm³/mol. The molecule has 4 heterocycles. The highest BCUT2D eigenvalue weighted by Gasteiger charge is 2.26. The summed E-state index contributed by atoms with van der Waals surface area (Å²) in [5.74, 6) is 1.14. The first-order valence-corrected chi connectivity index (χ1v) is 12.4. The van der Waals surface area contributed by atoms with Crippen molar-refractivity contribution < 1.29 is 8.42 Å². The molecule has 32 heavy (non-hydrogen) atoms. The van der Waals surface area contributed by atoms with Crippen LogP contribution in [0.2, 0.25) is 0 Å². The number of anilines is 1. The lowest BCUT2D eigenvalue weighted by atomic mass is 9.94. The molecule has 1 aliphatic rings. The molecule has 0 radical (unpaired) electrons. The number of nitrogens with zero attached hydrogens (tertiary/aromatic N) is 4. The van der Waals surface area contributed by atoms with Gasteiger partial charge in [0.2, 0.25) is 0 Å². The van der Waals surface area contributed by atoms with Gasteiger partial charge in [0.25, 0.3) is 0 Å². The Bertz CT molecular complexity index is 1400. The molecule has 1 atom stereocenters. The lowest BCUT2D eigenvalue weighted by molar-refractivity contribution is 0.542. The van der Waals surface area contributed by atoms with Gasteiger partial charge in [0.05, 0.1) is 34.0 Å². The summed E-state index contributed by atoms with van der Waals surface area (Å²) in [5.41, 5.74) is 4.48. The van der Waals surface area contributed by atoms with Crippen LogP contribution in [-0.4, -0.2) is 38.9 Å². The zero-order valence-electron chi connectivity index (χ0n) is 18.3. The van der Waals surface area contributed by atoms with Crippen molar-refractivity contribution in [2.45, 2.75) is 37.6 Å². The smallest absolute Gasteiger partial charge is 0.178 e. The van der Waals surface area contributed by atoms with E-state index in [1.54, 1.807) is 10.9 Å². The van der Waals surface area contributed by atoms with Gasteiger partial charge in [-0.1, -0.05) is 26.0 Å². The number of rotatable bonds is 5. The molecule has 5 rings (SSSR count). The quantitative estimate of drug-likeness (QED) is 0.478. The molecule has 0 spiro atoms. The zero-order chi connectivity index (χ0) is 22.5. The van der Waals surface area contributed by atoms with Gasteiger partial charge in [-0.3, -0.25) is 4.68 Å². The van der Waals surface area contributed by atoms with Gasteiger partial charge in [-0.15, -0.1) is 0 Å². The van der Waals surface area contributed by atoms with Crippen LogP contribution >= 0.6 is 0 Å². The van der Waals surface area contributed by atoms with Crippen LogP contribution in [0.15, 0.2) is 47.9 Å². The molecule has 166 valence electrons. The van der Waals surface area contributed by atoms with Gasteiger partial charge in [-0.25, -0.2) is 18.4 Å². The van der Waals surface area contributed by atoms with Crippen molar-refractivity contribution in [2.75, 3.05) is 11.1 Å². The van der Waals surface area contributed by atoms with Crippen LogP contribution < -0.4 is 5.32 Å². The Morgan fingerprint density at radius 2 is 2.03 bits per heavy atom. The van der Waals surface area contributed by atoms with Crippen molar-refractivity contribution in [3.8, 4) is 11.3 Å². The second-order valence-electron chi connectivity index (χ2n) is 8.73. The summed E-state index contributed by atoms with van der Waals surface area (Å²) in [7, 11) is -1.34. The highest BCUT2D eigenvalue weighted by atomic mass is 32.2. The lowest BCUT2D eigenvalue weighted by Crippen LogP contribution is -2.20. The van der Waals surface area contributed by atoms with Crippen LogP contribution in [0.4, 0.5) is 5.82 Å². The fraction of sp³-hybridized carbons (Fsp3) is 0.348. The first-order valence-electron chi connectivity index (χ1n) is 10.8. The number of aromatic amines is 1. The van der Waals surface area contributed by atoms with Crippen LogP contribution in [-0.2, 0) is 23.3 Å². The molecule has 0 bridgehead atoms. The van der Waals surface area contributed by atoms with E-state index < -0.39 is 9.84 Å². The third-order valence-electron chi connectivity index (χ3n) is 6.04. The van der Waals surface area contributed by atoms with Crippen molar-refractivity contribution in [3.63, 3.8) is 0 Å². The van der Waals surface area contributed by atoms with Crippen LogP contribution in [0, 0.1) is 5.92 Å². The average molecular weight is 451 g/mol. The first kappa shape index (κ1) is 20.7. The normalized spacial score (nSPS) is 16.2. The SMILES string of the molecule is CC(C)[C@@H](Nc1ncnc2[nH]c(-c3cnn(C)c3)cc12)c1ccc2c(c1)S(=O)(=O)CCC2. The van der Waals surface area contributed by atoms with E-state index in [2.05, 4.69) is 39.2 Å². The molecule has 0 saturated heterocycles. The number of hydrogen-bond acceptors (Lipinski definition) is 6. The topological polar surface area (TPSA) is 106 Å². The monoisotopic (exact) mass is 450 g/mol. The predicted octanol–water partition coefficient (Wildman–Crippen LogP) is 3.89. The van der Waals surface area contributed by atoms with Gasteiger partial charge in [0.1, 0.15) is 17.8 Å². The molecule has 1 aromatic carbocycles. The number of hydrogen-bond donors (Lipinski definition) is 2. The van der Waals surface area contributed by atoms with Crippen molar-refractivity contribution >= 4 is 26.7 Å². The fourth-order valence-corrected chi connectivity index (χ4v) is 6.01. The highest BCUT2D eigenvalue weighted by Crippen LogP contribution is 2.34. The molecule has 4 aromatic rings. The Kier molecular flexibility index (Phi) is 5.00. The highest BCUT2D eigenvalue weighted by molar-refractivity contribution is 7.91. The van der Waals surface area contributed by atoms with E-state index in [-0.39, 0.29) is 17.7 Å². The molecule has 0 fully saturated rings. The summed E-state index contributed by atoms with van der Waals surface area (Å²) in [5, 5.41) is 8.67. The van der Waals surface area contributed by atoms with Gasteiger partial charge in [-0.2, -0.15) is 5.10 Å². The minimum atomic E-state index is -3.22. The molecule has 0 saturated carbocycles. The van der Waals surface area contributed by atoms with Crippen molar-refractivity contribution in [1.29, 1.82) is 0 Å². The number of H-pyrrole nitrogens is 1. The maximum atomic E-state index is 12.6. The van der Waals surface area contributed by atoms with Gasteiger partial charge in [0.15, 0.2) is 9.84 Å². The van der Waals surface area contributed by atoms with E-state index in [0.29, 0.717) is 17.1 Å². The second-order valence-corrected chi connectivity index (χ2v) is 10.8. The summed E-state index contributed by atoms with van der Waals surface area (Å²) < 4.78 is 27.0. The van der Waals surface area contributed by atoms with E-state index in [1.807, 2.05) is 37.5 Å². The van der Waals surface area contributed by atoms with E-state index in [0.717, 1.165) is 39.8 Å². The molecule has 0 amide bonds. The Morgan fingerprint density at radius 1 is 1.19 bits per heavy atom. The lowest BCUT2D eigenvalue weighted by Gasteiger charge is -2.26. The minimum absolute atomic E-state index is 0.104. The van der Waals surface area contributed by atoms with Crippen LogP contribution in [0.25, 0.3) is 22.3 Å². The number of fused-ring (bicyclic) bond motifs is 2. The van der Waals surface area contributed by atoms with Gasteiger partial charge in [-0.05, 0) is 42.0 Å². The fourth-order valence-electron chi connectivity index (χ4n) is 4.38. The van der Waals surface area contributed by atoms with E-state index in [9.17, 15) is 8.42 Å². The third kappa shape index (κ3) is 3.66. The van der Waals surface area contributed by atoms with Crippen molar-refractivity contribution in [2.24, 2.45) is 13.0 Å². The van der Waals surface area contributed by atoms with Gasteiger partial charge in [0, 0.05) is 18.8 Å². The Balaban J connectivity index is 1.53. The average Bonchev–Trinajstić information content (AvgIpc) is 3.38. The summed E-state index contributed by atoms with van der Waals surface area (Å²) in [6, 6.07) is 7.76. The van der Waals surface area contributed by atoms with E-state index >= 15 is 0 Å². The van der Waals surface area contributed by atoms with Gasteiger partial charge >= 0.3 is 0 Å². The van der Waals surface area contributed by atoms with Crippen LogP contribution in [0.5, 0.6) is 0 Å². The van der Waals surface area contributed by atoms with Crippen molar-refractivity contribution in [1.82, 2.24) is 24.7 Å². The molecule has 2 N–H and O–H groups in total. The molecular formula is C23H26N6O2S. The number of aromatic nitrogens is 5. The first-order chi connectivity index (χ1) is 15.3. The summed E-state index contributed by atoms with van der Waals surface area (Å²) in [6.07, 6.45) is 6.77. The zero-order valence-corrected chi connectivity index (χ0v) is 19.1. The van der Waals surface area contributed by atoms with Crippen LogP contribution in [0.3, 0.4) is 0 Å². The minimum Gasteiger partial charge on any atom is -0.362 e. The molecule has 1 aliphatic heterocycles. The van der Waals surface area contributed by atoms with Crippen molar-refractivity contribution in [3.05, 3.63) is 54.1 Å². The maximum absolute atomic E-state index is 12.6. The summed E-state index contributed by atoms with van der Waals surface area (Å²) >= 11 is 0. The standard InChI is InChI=1S/C23H26N6O2S/c1-14(2)21(16-7-6-15-5-4-8-32(30,31)20(15)9-16)28-23-18-10-19(17-11-26-29(3)12-17)27-22(18)24-13-25-23/h6-7,9-14,21H,4-5,8H2,1-3H3,(H2,24,25,27,28)/t21-/m1/s1. The molecule has 8 nitrogen and oxygen atoms in total. The van der Waals surface area contributed by atoms with Gasteiger partial charge < -0.3 is 10.3 Å². The Morgan fingerprint density at radius 3 is 2.78 bits per heavy atom. The number of nitrogens with one attached hydrogen (secondary N) is 2. The summed E-state index contributed by atoms with van der Waals surface area (Å²) in [6.45, 7) is 4.23. The number of sulfone groups is 1. The third-order valence-corrected chi connectivity index (χ3v) is 7.92. The van der Waals surface area contributed by atoms with Crippen LogP contribution in [0.1, 0.15) is 37.4 Å². The Hall–Kier alpha value is -3.20. The second kappa shape index (κ2) is 7.74. The molecule has 3 aromatic heterocycles.